The Morgan fingerprint density at radius 2 is 2.00 bits per heavy atom. The molecule has 96 valence electrons. The molecule has 0 radical (unpaired) electrons. The summed E-state index contributed by atoms with van der Waals surface area (Å²) in [5, 5.41) is 10.5. The number of halogens is 2. The number of hydrogen-bond acceptors (Lipinski definition) is 3. The highest BCUT2D eigenvalue weighted by molar-refractivity contribution is 6.33. The minimum Gasteiger partial charge on any atom is -0.391 e. The number of nitrogens with two attached hydrogens (primary N) is 1. The summed E-state index contributed by atoms with van der Waals surface area (Å²) in [6.45, 7) is 3.72. The molecule has 3 N–H and O–H groups in total. The Bertz CT molecular complexity index is 372. The lowest BCUT2D eigenvalue weighted by molar-refractivity contribution is -0.0591. The molecule has 0 aromatic heterocycles. The summed E-state index contributed by atoms with van der Waals surface area (Å²) in [4.78, 5) is 0. The van der Waals surface area contributed by atoms with Crippen LogP contribution in [-0.4, -0.2) is 23.9 Å². The van der Waals surface area contributed by atoms with Gasteiger partial charge in [0.2, 0.25) is 0 Å². The predicted molar refractivity (Wildman–Crippen MR) is 70.5 cm³/mol. The normalized spacial score (nSPS) is 16.6. The third-order valence-electron chi connectivity index (χ3n) is 2.58. The number of aliphatic hydroxyl groups excluding tert-OH is 1. The Labute approximate surface area is 111 Å². The van der Waals surface area contributed by atoms with Crippen molar-refractivity contribution in [3.63, 3.8) is 0 Å². The van der Waals surface area contributed by atoms with Crippen molar-refractivity contribution in [1.29, 1.82) is 0 Å². The highest BCUT2D eigenvalue weighted by Crippen LogP contribution is 2.29. The Morgan fingerprint density at radius 3 is 2.53 bits per heavy atom. The van der Waals surface area contributed by atoms with Gasteiger partial charge in [-0.2, -0.15) is 0 Å². The SMILES string of the molecule is CC(O)C(C)OC(CN)c1cc(Cl)ccc1Cl. The van der Waals surface area contributed by atoms with Crippen LogP contribution in [0.25, 0.3) is 0 Å². The summed E-state index contributed by atoms with van der Waals surface area (Å²) in [5.41, 5.74) is 6.41. The predicted octanol–water partition coefficient (Wildman–Crippen LogP) is 2.78. The van der Waals surface area contributed by atoms with E-state index >= 15 is 0 Å². The Hall–Kier alpha value is -0.320. The van der Waals surface area contributed by atoms with Gasteiger partial charge in [0, 0.05) is 22.2 Å². The zero-order valence-corrected chi connectivity index (χ0v) is 11.4. The summed E-state index contributed by atoms with van der Waals surface area (Å²) < 4.78 is 5.66. The Kier molecular flexibility index (Phi) is 5.70. The maximum absolute atomic E-state index is 9.41. The van der Waals surface area contributed by atoms with Crippen LogP contribution in [0, 0.1) is 0 Å². The van der Waals surface area contributed by atoms with Gasteiger partial charge < -0.3 is 15.6 Å². The molecule has 0 saturated carbocycles. The molecule has 3 nitrogen and oxygen atoms in total. The molecule has 1 aromatic rings. The van der Waals surface area contributed by atoms with Crippen LogP contribution in [0.5, 0.6) is 0 Å². The van der Waals surface area contributed by atoms with Gasteiger partial charge in [-0.3, -0.25) is 0 Å². The van der Waals surface area contributed by atoms with Crippen molar-refractivity contribution in [2.24, 2.45) is 5.73 Å². The van der Waals surface area contributed by atoms with E-state index in [1.54, 1.807) is 32.0 Å². The fraction of sp³-hybridized carbons (Fsp3) is 0.500. The number of rotatable bonds is 5. The number of hydrogen-bond donors (Lipinski definition) is 2. The van der Waals surface area contributed by atoms with Crippen molar-refractivity contribution < 1.29 is 9.84 Å². The molecule has 0 aliphatic rings. The molecule has 3 unspecified atom stereocenters. The molecule has 0 saturated heterocycles. The monoisotopic (exact) mass is 277 g/mol. The quantitative estimate of drug-likeness (QED) is 0.870. The molecule has 0 amide bonds. The molecule has 0 spiro atoms. The van der Waals surface area contributed by atoms with E-state index in [2.05, 4.69) is 0 Å². The van der Waals surface area contributed by atoms with Crippen LogP contribution in [0.3, 0.4) is 0 Å². The second-order valence-electron chi connectivity index (χ2n) is 3.97. The van der Waals surface area contributed by atoms with Gasteiger partial charge >= 0.3 is 0 Å². The van der Waals surface area contributed by atoms with E-state index in [4.69, 9.17) is 33.7 Å². The number of aliphatic hydroxyl groups is 1. The minimum absolute atomic E-state index is 0.275. The van der Waals surface area contributed by atoms with Gasteiger partial charge in [0.25, 0.3) is 0 Å². The van der Waals surface area contributed by atoms with Gasteiger partial charge in [0.1, 0.15) is 0 Å². The van der Waals surface area contributed by atoms with Crippen molar-refractivity contribution in [2.45, 2.75) is 32.2 Å². The molecule has 0 aliphatic carbocycles. The lowest BCUT2D eigenvalue weighted by Crippen LogP contribution is -2.28. The van der Waals surface area contributed by atoms with E-state index in [0.29, 0.717) is 10.0 Å². The third-order valence-corrected chi connectivity index (χ3v) is 3.16. The third kappa shape index (κ3) is 4.12. The van der Waals surface area contributed by atoms with Gasteiger partial charge in [-0.05, 0) is 32.0 Å². The van der Waals surface area contributed by atoms with E-state index in [9.17, 15) is 5.11 Å². The second-order valence-corrected chi connectivity index (χ2v) is 4.82. The van der Waals surface area contributed by atoms with Crippen LogP contribution in [0.1, 0.15) is 25.5 Å². The molecule has 1 aromatic carbocycles. The fourth-order valence-corrected chi connectivity index (χ4v) is 1.81. The van der Waals surface area contributed by atoms with Crippen LogP contribution < -0.4 is 5.73 Å². The van der Waals surface area contributed by atoms with Crippen molar-refractivity contribution in [2.75, 3.05) is 6.54 Å². The van der Waals surface area contributed by atoms with Gasteiger partial charge in [-0.1, -0.05) is 23.2 Å². The zero-order chi connectivity index (χ0) is 13.0. The molecule has 1 rings (SSSR count). The Balaban J connectivity index is 2.89. The van der Waals surface area contributed by atoms with Crippen LogP contribution in [0.15, 0.2) is 18.2 Å². The first-order valence-electron chi connectivity index (χ1n) is 5.44. The molecule has 0 aliphatic heterocycles. The topological polar surface area (TPSA) is 55.5 Å². The highest BCUT2D eigenvalue weighted by Gasteiger charge is 2.19. The second kappa shape index (κ2) is 6.57. The Morgan fingerprint density at radius 1 is 1.35 bits per heavy atom. The molecule has 5 heteroatoms. The first-order chi connectivity index (χ1) is 7.95. The summed E-state index contributed by atoms with van der Waals surface area (Å²) in [5.74, 6) is 0. The van der Waals surface area contributed by atoms with Crippen LogP contribution in [-0.2, 0) is 4.74 Å². The average Bonchev–Trinajstić information content (AvgIpc) is 2.29. The molecule has 0 fully saturated rings. The summed E-state index contributed by atoms with van der Waals surface area (Å²) >= 11 is 12.0. The van der Waals surface area contributed by atoms with E-state index in [1.165, 1.54) is 0 Å². The van der Waals surface area contributed by atoms with Crippen LogP contribution in [0.2, 0.25) is 10.0 Å². The van der Waals surface area contributed by atoms with Crippen molar-refractivity contribution >= 4 is 23.2 Å². The maximum atomic E-state index is 9.41. The molecule has 17 heavy (non-hydrogen) atoms. The molecule has 0 bridgehead atoms. The van der Waals surface area contributed by atoms with E-state index in [-0.39, 0.29) is 18.8 Å². The number of benzene rings is 1. The van der Waals surface area contributed by atoms with E-state index in [1.807, 2.05) is 0 Å². The highest BCUT2D eigenvalue weighted by atomic mass is 35.5. The van der Waals surface area contributed by atoms with Gasteiger partial charge in [-0.25, -0.2) is 0 Å². The number of ether oxygens (including phenoxy) is 1. The van der Waals surface area contributed by atoms with Gasteiger partial charge in [-0.15, -0.1) is 0 Å². The van der Waals surface area contributed by atoms with Crippen molar-refractivity contribution in [3.8, 4) is 0 Å². The summed E-state index contributed by atoms with van der Waals surface area (Å²) in [6, 6.07) is 5.15. The average molecular weight is 278 g/mol. The standard InChI is InChI=1S/C12H17Cl2NO2/c1-7(16)8(2)17-12(6-15)10-5-9(13)3-4-11(10)14/h3-5,7-8,12,16H,6,15H2,1-2H3. The molecule has 3 atom stereocenters. The fourth-order valence-electron chi connectivity index (χ4n) is 1.39. The smallest absolute Gasteiger partial charge is 0.0966 e. The van der Waals surface area contributed by atoms with E-state index in [0.717, 1.165) is 5.56 Å². The van der Waals surface area contributed by atoms with Crippen molar-refractivity contribution in [3.05, 3.63) is 33.8 Å². The maximum Gasteiger partial charge on any atom is 0.0966 e. The lowest BCUT2D eigenvalue weighted by Gasteiger charge is -2.24. The first-order valence-corrected chi connectivity index (χ1v) is 6.19. The largest absolute Gasteiger partial charge is 0.391 e. The van der Waals surface area contributed by atoms with E-state index < -0.39 is 6.10 Å². The minimum atomic E-state index is -0.568. The molecule has 0 heterocycles. The summed E-state index contributed by atoms with van der Waals surface area (Å²) in [7, 11) is 0. The molecular formula is C12H17Cl2NO2. The zero-order valence-electron chi connectivity index (χ0n) is 9.86. The van der Waals surface area contributed by atoms with Crippen LogP contribution in [0.4, 0.5) is 0 Å². The first kappa shape index (κ1) is 14.7. The van der Waals surface area contributed by atoms with Crippen LogP contribution >= 0.6 is 23.2 Å². The molecular weight excluding hydrogens is 261 g/mol. The van der Waals surface area contributed by atoms with Gasteiger partial charge in [0.05, 0.1) is 18.3 Å². The summed E-state index contributed by atoms with van der Waals surface area (Å²) in [6.07, 6.45) is -1.26. The lowest BCUT2D eigenvalue weighted by atomic mass is 10.1. The van der Waals surface area contributed by atoms with Crippen molar-refractivity contribution in [1.82, 2.24) is 0 Å². The van der Waals surface area contributed by atoms with Gasteiger partial charge in [0.15, 0.2) is 0 Å².